The lowest BCUT2D eigenvalue weighted by Crippen LogP contribution is -2.47. The van der Waals surface area contributed by atoms with E-state index in [0.717, 1.165) is 12.8 Å². The van der Waals surface area contributed by atoms with E-state index in [1.54, 1.807) is 6.92 Å². The van der Waals surface area contributed by atoms with E-state index in [4.69, 9.17) is 4.74 Å². The molecular weight excluding hydrogens is 323 g/mol. The Kier molecular flexibility index (Phi) is 4.62. The SMILES string of the molecule is CCOC(=O)C1CCN(C2=C(C(=O)C(F)(F)F)C3CCCC23)CC1. The summed E-state index contributed by atoms with van der Waals surface area (Å²) in [6, 6.07) is 0. The van der Waals surface area contributed by atoms with E-state index < -0.39 is 12.0 Å². The Morgan fingerprint density at radius 3 is 2.33 bits per heavy atom. The number of esters is 1. The van der Waals surface area contributed by atoms with Gasteiger partial charge in [-0.2, -0.15) is 13.2 Å². The third-order valence-electron chi connectivity index (χ3n) is 5.47. The van der Waals surface area contributed by atoms with Crippen LogP contribution < -0.4 is 0 Å². The van der Waals surface area contributed by atoms with Crippen LogP contribution in [0.5, 0.6) is 0 Å². The number of hydrogen-bond acceptors (Lipinski definition) is 4. The first-order valence-electron chi connectivity index (χ1n) is 8.61. The number of piperidine rings is 1. The molecule has 134 valence electrons. The van der Waals surface area contributed by atoms with Gasteiger partial charge in [-0.3, -0.25) is 9.59 Å². The van der Waals surface area contributed by atoms with Crippen LogP contribution in [-0.2, 0) is 14.3 Å². The molecule has 1 saturated carbocycles. The van der Waals surface area contributed by atoms with Gasteiger partial charge in [0.1, 0.15) is 0 Å². The largest absolute Gasteiger partial charge is 0.466 e. The van der Waals surface area contributed by atoms with Gasteiger partial charge in [0.2, 0.25) is 0 Å². The van der Waals surface area contributed by atoms with Crippen molar-refractivity contribution < 1.29 is 27.5 Å². The van der Waals surface area contributed by atoms with E-state index in [9.17, 15) is 22.8 Å². The number of allylic oxidation sites excluding steroid dienone is 2. The average Bonchev–Trinajstić information content (AvgIpc) is 2.91. The van der Waals surface area contributed by atoms with Gasteiger partial charge in [-0.1, -0.05) is 6.42 Å². The van der Waals surface area contributed by atoms with Crippen molar-refractivity contribution in [2.75, 3.05) is 19.7 Å². The van der Waals surface area contributed by atoms with E-state index in [2.05, 4.69) is 0 Å². The fourth-order valence-electron chi connectivity index (χ4n) is 4.38. The van der Waals surface area contributed by atoms with Crippen LogP contribution >= 0.6 is 0 Å². The number of fused-ring (bicyclic) bond motifs is 1. The van der Waals surface area contributed by atoms with Crippen LogP contribution in [0.4, 0.5) is 13.2 Å². The van der Waals surface area contributed by atoms with Gasteiger partial charge >= 0.3 is 12.1 Å². The monoisotopic (exact) mass is 345 g/mol. The smallest absolute Gasteiger partial charge is 0.454 e. The van der Waals surface area contributed by atoms with Crippen molar-refractivity contribution in [1.82, 2.24) is 4.90 Å². The van der Waals surface area contributed by atoms with Crippen LogP contribution in [0.25, 0.3) is 0 Å². The van der Waals surface area contributed by atoms with Crippen LogP contribution in [-0.4, -0.2) is 42.5 Å². The highest BCUT2D eigenvalue weighted by Crippen LogP contribution is 2.54. The molecule has 3 rings (SSSR count). The molecule has 2 fully saturated rings. The maximum atomic E-state index is 12.9. The van der Waals surface area contributed by atoms with Crippen LogP contribution in [0.2, 0.25) is 0 Å². The van der Waals surface area contributed by atoms with Gasteiger partial charge in [-0.15, -0.1) is 0 Å². The minimum absolute atomic E-state index is 0.0143. The number of ketones is 1. The number of carbonyl (C=O) groups excluding carboxylic acids is 2. The van der Waals surface area contributed by atoms with Crippen molar-refractivity contribution in [3.63, 3.8) is 0 Å². The molecule has 24 heavy (non-hydrogen) atoms. The quantitative estimate of drug-likeness (QED) is 0.735. The Hall–Kier alpha value is -1.53. The van der Waals surface area contributed by atoms with Gasteiger partial charge in [0.25, 0.3) is 5.78 Å². The molecule has 3 aliphatic rings. The van der Waals surface area contributed by atoms with Crippen molar-refractivity contribution in [3.05, 3.63) is 11.3 Å². The van der Waals surface area contributed by atoms with E-state index in [0.29, 0.717) is 44.7 Å². The molecule has 0 aromatic heterocycles. The second kappa shape index (κ2) is 6.41. The molecule has 0 spiro atoms. The normalized spacial score (nSPS) is 27.8. The predicted molar refractivity (Wildman–Crippen MR) is 79.8 cm³/mol. The summed E-state index contributed by atoms with van der Waals surface area (Å²) >= 11 is 0. The topological polar surface area (TPSA) is 46.6 Å². The van der Waals surface area contributed by atoms with Crippen molar-refractivity contribution >= 4 is 11.8 Å². The Morgan fingerprint density at radius 2 is 1.75 bits per heavy atom. The summed E-state index contributed by atoms with van der Waals surface area (Å²) in [5, 5.41) is 0. The number of rotatable bonds is 4. The van der Waals surface area contributed by atoms with E-state index in [1.807, 2.05) is 4.90 Å². The number of alkyl halides is 3. The number of carbonyl (C=O) groups is 2. The molecule has 1 heterocycles. The number of nitrogens with zero attached hydrogens (tertiary/aromatic N) is 1. The molecule has 0 bridgehead atoms. The Morgan fingerprint density at radius 1 is 1.12 bits per heavy atom. The van der Waals surface area contributed by atoms with Crippen molar-refractivity contribution in [1.29, 1.82) is 0 Å². The van der Waals surface area contributed by atoms with E-state index in [1.165, 1.54) is 0 Å². The van der Waals surface area contributed by atoms with Crippen molar-refractivity contribution in [2.24, 2.45) is 17.8 Å². The molecule has 2 unspecified atom stereocenters. The summed E-state index contributed by atoms with van der Waals surface area (Å²) in [5.41, 5.74) is 0.585. The van der Waals surface area contributed by atoms with Crippen LogP contribution in [0, 0.1) is 17.8 Å². The molecule has 7 heteroatoms. The zero-order valence-corrected chi connectivity index (χ0v) is 13.7. The first-order chi connectivity index (χ1) is 11.3. The fraction of sp³-hybridized carbons (Fsp3) is 0.765. The molecule has 1 saturated heterocycles. The van der Waals surface area contributed by atoms with E-state index >= 15 is 0 Å². The van der Waals surface area contributed by atoms with Gasteiger partial charge in [-0.05, 0) is 38.5 Å². The highest BCUT2D eigenvalue weighted by molar-refractivity contribution is 6.02. The second-order valence-corrected chi connectivity index (χ2v) is 6.78. The molecule has 0 aromatic carbocycles. The lowest BCUT2D eigenvalue weighted by molar-refractivity contribution is -0.168. The third-order valence-corrected chi connectivity index (χ3v) is 5.47. The predicted octanol–water partition coefficient (Wildman–Crippen LogP) is 3.08. The summed E-state index contributed by atoms with van der Waals surface area (Å²) in [6.45, 7) is 3.10. The van der Waals surface area contributed by atoms with Gasteiger partial charge in [0, 0.05) is 30.3 Å². The Bertz CT molecular complexity index is 562. The third kappa shape index (κ3) is 2.93. The average molecular weight is 345 g/mol. The Balaban J connectivity index is 1.74. The van der Waals surface area contributed by atoms with E-state index in [-0.39, 0.29) is 29.3 Å². The molecule has 0 aromatic rings. The zero-order chi connectivity index (χ0) is 17.5. The molecule has 2 atom stereocenters. The van der Waals surface area contributed by atoms with Gasteiger partial charge in [0.15, 0.2) is 0 Å². The van der Waals surface area contributed by atoms with Crippen molar-refractivity contribution in [2.45, 2.75) is 45.2 Å². The highest BCUT2D eigenvalue weighted by Gasteiger charge is 2.54. The molecule has 2 aliphatic carbocycles. The second-order valence-electron chi connectivity index (χ2n) is 6.78. The number of Topliss-reactive ketones (excluding diaryl/α,β-unsaturated/α-hetero) is 1. The number of halogens is 3. The first-order valence-corrected chi connectivity index (χ1v) is 8.61. The highest BCUT2D eigenvalue weighted by atomic mass is 19.4. The molecular formula is C17H22F3NO3. The minimum Gasteiger partial charge on any atom is -0.466 e. The van der Waals surface area contributed by atoms with Crippen LogP contribution in [0.15, 0.2) is 11.3 Å². The van der Waals surface area contributed by atoms with Gasteiger partial charge in [-0.25, -0.2) is 0 Å². The van der Waals surface area contributed by atoms with Gasteiger partial charge in [0.05, 0.1) is 12.5 Å². The molecule has 4 nitrogen and oxygen atoms in total. The van der Waals surface area contributed by atoms with Gasteiger partial charge < -0.3 is 9.64 Å². The molecule has 0 radical (unpaired) electrons. The summed E-state index contributed by atoms with van der Waals surface area (Å²) < 4.78 is 43.7. The molecule has 0 amide bonds. The first kappa shape index (κ1) is 17.3. The van der Waals surface area contributed by atoms with Crippen LogP contribution in [0.1, 0.15) is 39.0 Å². The molecule has 0 N–H and O–H groups in total. The van der Waals surface area contributed by atoms with Crippen LogP contribution in [0.3, 0.4) is 0 Å². The standard InChI is InChI=1S/C17H22F3NO3/c1-2-24-16(23)10-6-8-21(9-7-10)14-12-5-3-4-11(12)13(14)15(22)17(18,19)20/h10-12H,2-9H2,1H3. The number of hydrogen-bond donors (Lipinski definition) is 0. The lowest BCUT2D eigenvalue weighted by atomic mass is 9.70. The number of likely N-dealkylation sites (tertiary alicyclic amines) is 1. The summed E-state index contributed by atoms with van der Waals surface area (Å²) in [5.74, 6) is -2.23. The van der Waals surface area contributed by atoms with Crippen molar-refractivity contribution in [3.8, 4) is 0 Å². The summed E-state index contributed by atoms with van der Waals surface area (Å²) in [4.78, 5) is 25.5. The zero-order valence-electron chi connectivity index (χ0n) is 13.7. The minimum atomic E-state index is -4.81. The lowest BCUT2D eigenvalue weighted by Gasteiger charge is -2.46. The fourth-order valence-corrected chi connectivity index (χ4v) is 4.38. The maximum absolute atomic E-state index is 12.9. The number of ether oxygens (including phenoxy) is 1. The molecule has 1 aliphatic heterocycles. The maximum Gasteiger partial charge on any atom is 0.454 e. The summed E-state index contributed by atoms with van der Waals surface area (Å²) in [6.07, 6.45) is -1.29. The Labute approximate surface area is 139 Å². The summed E-state index contributed by atoms with van der Waals surface area (Å²) in [7, 11) is 0.